The van der Waals surface area contributed by atoms with Crippen LogP contribution in [0.15, 0.2) is 24.3 Å². The number of carbonyl (C=O) groups is 3. The number of benzene rings is 1. The summed E-state index contributed by atoms with van der Waals surface area (Å²) in [5.74, 6) is -0.728. The second kappa shape index (κ2) is 11.9. The van der Waals surface area contributed by atoms with Gasteiger partial charge in [-0.25, -0.2) is 9.59 Å². The van der Waals surface area contributed by atoms with E-state index in [1.165, 1.54) is 18.4 Å². The lowest BCUT2D eigenvalue weighted by Crippen LogP contribution is -2.47. The first-order chi connectivity index (χ1) is 16.2. The topological polar surface area (TPSA) is 96.5 Å². The third kappa shape index (κ3) is 6.43. The highest BCUT2D eigenvalue weighted by Crippen LogP contribution is 2.35. The van der Waals surface area contributed by atoms with Crippen molar-refractivity contribution in [1.82, 2.24) is 5.32 Å². The van der Waals surface area contributed by atoms with Crippen molar-refractivity contribution in [2.24, 2.45) is 5.92 Å². The molecule has 184 valence electrons. The van der Waals surface area contributed by atoms with Gasteiger partial charge in [-0.15, -0.1) is 11.3 Å². The van der Waals surface area contributed by atoms with Gasteiger partial charge in [-0.05, 0) is 42.9 Å². The molecule has 10 heteroatoms. The van der Waals surface area contributed by atoms with E-state index in [4.69, 9.17) is 27.9 Å². The molecule has 0 aliphatic heterocycles. The van der Waals surface area contributed by atoms with Gasteiger partial charge in [-0.2, -0.15) is 0 Å². The van der Waals surface area contributed by atoms with Crippen LogP contribution in [0.4, 0.5) is 15.5 Å². The number of anilines is 2. The summed E-state index contributed by atoms with van der Waals surface area (Å²) in [6, 6.07) is 5.33. The van der Waals surface area contributed by atoms with Crippen molar-refractivity contribution in [3.8, 4) is 0 Å². The maximum absolute atomic E-state index is 13.3. The van der Waals surface area contributed by atoms with Crippen molar-refractivity contribution >= 4 is 63.1 Å². The van der Waals surface area contributed by atoms with Crippen LogP contribution in [0.5, 0.6) is 0 Å². The summed E-state index contributed by atoms with van der Waals surface area (Å²) in [7, 11) is 1.32. The van der Waals surface area contributed by atoms with Crippen molar-refractivity contribution in [3.05, 3.63) is 44.8 Å². The first kappa shape index (κ1) is 26.3. The highest BCUT2D eigenvalue weighted by Gasteiger charge is 2.33. The van der Waals surface area contributed by atoms with Gasteiger partial charge in [0.15, 0.2) is 0 Å². The second-order valence-electron chi connectivity index (χ2n) is 8.59. The van der Waals surface area contributed by atoms with E-state index in [1.54, 1.807) is 24.3 Å². The quantitative estimate of drug-likeness (QED) is 0.351. The lowest BCUT2D eigenvalue weighted by Gasteiger charge is -2.29. The molecule has 1 heterocycles. The predicted molar refractivity (Wildman–Crippen MR) is 137 cm³/mol. The molecule has 1 aromatic carbocycles. The van der Waals surface area contributed by atoms with Gasteiger partial charge in [0.05, 0.1) is 28.4 Å². The highest BCUT2D eigenvalue weighted by atomic mass is 35.5. The molecule has 3 N–H and O–H groups in total. The SMILES string of the molecule is COC(=O)C(NC(=O)c1cc(C(C)C)sc1NC(=O)Nc1c(Cl)cccc1Cl)C1CCCCC1. The molecule has 7 nitrogen and oxygen atoms in total. The van der Waals surface area contributed by atoms with Crippen molar-refractivity contribution in [2.45, 2.75) is 57.9 Å². The summed E-state index contributed by atoms with van der Waals surface area (Å²) >= 11 is 13.6. The molecule has 3 amide bonds. The Morgan fingerprint density at radius 1 is 1.06 bits per heavy atom. The number of ether oxygens (including phenoxy) is 1. The molecule has 1 atom stereocenters. The van der Waals surface area contributed by atoms with Gasteiger partial charge in [0.2, 0.25) is 0 Å². The van der Waals surface area contributed by atoms with Gasteiger partial charge in [0, 0.05) is 4.88 Å². The molecular formula is C24H29Cl2N3O4S. The van der Waals surface area contributed by atoms with Crippen LogP contribution in [0, 0.1) is 5.92 Å². The number of para-hydroxylation sites is 1. The number of carbonyl (C=O) groups excluding carboxylic acids is 3. The third-order valence-corrected chi connectivity index (χ3v) is 7.84. The molecule has 34 heavy (non-hydrogen) atoms. The van der Waals surface area contributed by atoms with Gasteiger partial charge >= 0.3 is 12.0 Å². The van der Waals surface area contributed by atoms with E-state index in [2.05, 4.69) is 16.0 Å². The Bertz CT molecular complexity index is 1030. The number of nitrogens with one attached hydrogen (secondary N) is 3. The lowest BCUT2D eigenvalue weighted by atomic mass is 9.83. The van der Waals surface area contributed by atoms with Crippen LogP contribution < -0.4 is 16.0 Å². The number of rotatable bonds is 7. The number of amides is 3. The smallest absolute Gasteiger partial charge is 0.328 e. The molecule has 3 rings (SSSR count). The zero-order chi connectivity index (χ0) is 24.8. The molecule has 0 bridgehead atoms. The number of hydrogen-bond donors (Lipinski definition) is 3. The molecule has 1 aliphatic rings. The van der Waals surface area contributed by atoms with Crippen LogP contribution in [-0.4, -0.2) is 31.1 Å². The van der Waals surface area contributed by atoms with E-state index < -0.39 is 23.9 Å². The Balaban J connectivity index is 1.82. The maximum Gasteiger partial charge on any atom is 0.328 e. The first-order valence-electron chi connectivity index (χ1n) is 11.3. The summed E-state index contributed by atoms with van der Waals surface area (Å²) in [5, 5.41) is 9.20. The molecule has 0 radical (unpaired) electrons. The predicted octanol–water partition coefficient (Wildman–Crippen LogP) is 6.67. The molecule has 1 saturated carbocycles. The molecule has 1 aromatic heterocycles. The fraction of sp³-hybridized carbons (Fsp3) is 0.458. The van der Waals surface area contributed by atoms with E-state index in [9.17, 15) is 14.4 Å². The highest BCUT2D eigenvalue weighted by molar-refractivity contribution is 7.16. The third-order valence-electron chi connectivity index (χ3n) is 5.86. The summed E-state index contributed by atoms with van der Waals surface area (Å²) in [6.45, 7) is 4.00. The molecule has 1 fully saturated rings. The maximum atomic E-state index is 13.3. The van der Waals surface area contributed by atoms with E-state index in [1.807, 2.05) is 13.8 Å². The van der Waals surface area contributed by atoms with Crippen molar-refractivity contribution < 1.29 is 19.1 Å². The Kier molecular flexibility index (Phi) is 9.22. The Hall–Kier alpha value is -2.29. The van der Waals surface area contributed by atoms with Crippen molar-refractivity contribution in [2.75, 3.05) is 17.7 Å². The standard InChI is InChI=1S/C24H29Cl2N3O4S/c1-13(2)18-12-15(21(30)27-19(23(31)33-3)14-8-5-4-6-9-14)22(34-18)29-24(32)28-20-16(25)10-7-11-17(20)26/h7,10-14,19H,4-6,8-9H2,1-3H3,(H,27,30)(H2,28,29,32). The normalized spacial score (nSPS) is 15.0. The fourth-order valence-corrected chi connectivity index (χ4v) is 5.55. The molecule has 0 saturated heterocycles. The van der Waals surface area contributed by atoms with Crippen molar-refractivity contribution in [3.63, 3.8) is 0 Å². The molecule has 2 aromatic rings. The first-order valence-corrected chi connectivity index (χ1v) is 12.8. The Morgan fingerprint density at radius 3 is 2.29 bits per heavy atom. The second-order valence-corrected chi connectivity index (χ2v) is 10.5. The number of halogens is 2. The number of esters is 1. The van der Waals surface area contributed by atoms with Crippen LogP contribution in [0.25, 0.3) is 0 Å². The van der Waals surface area contributed by atoms with Crippen LogP contribution in [0.3, 0.4) is 0 Å². The summed E-state index contributed by atoms with van der Waals surface area (Å²) in [6.07, 6.45) is 4.86. The van der Waals surface area contributed by atoms with Crippen molar-refractivity contribution in [1.29, 1.82) is 0 Å². The average Bonchev–Trinajstić information content (AvgIpc) is 3.24. The van der Waals surface area contributed by atoms with Crippen LogP contribution in [0.1, 0.15) is 67.1 Å². The number of methoxy groups -OCH3 is 1. The molecular weight excluding hydrogens is 497 g/mol. The minimum Gasteiger partial charge on any atom is -0.467 e. The summed E-state index contributed by atoms with van der Waals surface area (Å²) in [4.78, 5) is 39.4. The lowest BCUT2D eigenvalue weighted by molar-refractivity contribution is -0.144. The van der Waals surface area contributed by atoms with E-state index in [0.717, 1.165) is 37.0 Å². The number of urea groups is 1. The van der Waals surface area contributed by atoms with Gasteiger partial charge < -0.3 is 15.4 Å². The van der Waals surface area contributed by atoms with Gasteiger partial charge in [0.25, 0.3) is 5.91 Å². The van der Waals surface area contributed by atoms with Crippen LogP contribution >= 0.6 is 34.5 Å². The van der Waals surface area contributed by atoms with E-state index in [-0.39, 0.29) is 17.5 Å². The minimum absolute atomic E-state index is 0.0235. The molecule has 1 aliphatic carbocycles. The zero-order valence-corrected chi connectivity index (χ0v) is 21.7. The molecule has 1 unspecified atom stereocenters. The van der Waals surface area contributed by atoms with Gasteiger partial charge in [-0.3, -0.25) is 10.1 Å². The average molecular weight is 526 g/mol. The zero-order valence-electron chi connectivity index (χ0n) is 19.4. The van der Waals surface area contributed by atoms with Gasteiger partial charge in [-0.1, -0.05) is 62.4 Å². The van der Waals surface area contributed by atoms with Gasteiger partial charge in [0.1, 0.15) is 11.0 Å². The molecule has 0 spiro atoms. The van der Waals surface area contributed by atoms with Crippen LogP contribution in [0.2, 0.25) is 10.0 Å². The summed E-state index contributed by atoms with van der Waals surface area (Å²) in [5.41, 5.74) is 0.567. The monoisotopic (exact) mass is 525 g/mol. The number of hydrogen-bond acceptors (Lipinski definition) is 5. The van der Waals surface area contributed by atoms with Crippen LogP contribution in [-0.2, 0) is 9.53 Å². The minimum atomic E-state index is -0.733. The fourth-order valence-electron chi connectivity index (χ4n) is 4.00. The van der Waals surface area contributed by atoms with E-state index in [0.29, 0.717) is 20.6 Å². The van der Waals surface area contributed by atoms with E-state index >= 15 is 0 Å². The Morgan fingerprint density at radius 2 is 1.71 bits per heavy atom. The largest absolute Gasteiger partial charge is 0.467 e. The Labute approximate surface area is 213 Å². The number of thiophene rings is 1. The summed E-state index contributed by atoms with van der Waals surface area (Å²) < 4.78 is 4.97.